The molecule has 1 aromatic heterocycles. The number of H-pyrrole nitrogens is 1. The van der Waals surface area contributed by atoms with Gasteiger partial charge in [-0.3, -0.25) is 14.5 Å². The lowest BCUT2D eigenvalue weighted by Crippen LogP contribution is -2.44. The Bertz CT molecular complexity index is 1540. The lowest BCUT2D eigenvalue weighted by molar-refractivity contribution is -0.119. The van der Waals surface area contributed by atoms with Gasteiger partial charge >= 0.3 is 0 Å². The summed E-state index contributed by atoms with van der Waals surface area (Å²) in [6.07, 6.45) is 2.37. The van der Waals surface area contributed by atoms with E-state index in [9.17, 15) is 14.0 Å². The van der Waals surface area contributed by atoms with E-state index in [1.165, 1.54) is 36.0 Å². The molecule has 3 heterocycles. The molecule has 2 aliphatic rings. The molecule has 0 aliphatic carbocycles. The zero-order valence-corrected chi connectivity index (χ0v) is 19.3. The first-order valence-electron chi connectivity index (χ1n) is 11.1. The number of nitrogens with one attached hydrogen (secondary N) is 1. The Morgan fingerprint density at radius 3 is 2.63 bits per heavy atom. The van der Waals surface area contributed by atoms with Crippen molar-refractivity contribution in [3.8, 4) is 0 Å². The van der Waals surface area contributed by atoms with Crippen molar-refractivity contribution in [1.29, 1.82) is 0 Å². The summed E-state index contributed by atoms with van der Waals surface area (Å²) in [4.78, 5) is 40.2. The molecule has 0 spiro atoms. The summed E-state index contributed by atoms with van der Waals surface area (Å²) >= 11 is 1.26. The molecule has 0 bridgehead atoms. The number of amidine groups is 2. The first-order valence-corrected chi connectivity index (χ1v) is 12.1. The van der Waals surface area contributed by atoms with Gasteiger partial charge in [-0.1, -0.05) is 42.1 Å². The third-order valence-electron chi connectivity index (χ3n) is 6.19. The van der Waals surface area contributed by atoms with E-state index in [-0.39, 0.29) is 23.3 Å². The molecule has 0 fully saturated rings. The van der Waals surface area contributed by atoms with Crippen molar-refractivity contribution in [2.75, 3.05) is 5.75 Å². The second kappa shape index (κ2) is 8.63. The van der Waals surface area contributed by atoms with Crippen LogP contribution in [0, 0.1) is 5.82 Å². The minimum Gasteiger partial charge on any atom is -0.361 e. The van der Waals surface area contributed by atoms with Crippen LogP contribution in [0.4, 0.5) is 10.1 Å². The number of aromatic nitrogens is 1. The van der Waals surface area contributed by atoms with Gasteiger partial charge in [0.25, 0.3) is 5.91 Å². The number of carbonyl (C=O) groups excluding carboxylic acids is 2. The number of nitrogens with zero attached hydrogens (tertiary/aromatic N) is 3. The predicted octanol–water partition coefficient (Wildman–Crippen LogP) is 5.12. The maximum atomic E-state index is 13.3. The number of para-hydroxylation sites is 2. The molecule has 1 unspecified atom stereocenters. The molecular weight excluding hydrogens is 463 g/mol. The SMILES string of the molecule is O=C(CSC1=Nc2ccccc2C2=NC(=O)C(Cc3c[nH]c4ccccc34)N12)c1ccc(F)cc1. The third kappa shape index (κ3) is 3.85. The Hall–Kier alpha value is -4.04. The standard InChI is InChI=1S/C27H19FN4O2S/c28-18-11-9-16(10-12-18)24(33)15-35-27-30-22-8-4-2-6-20(22)25-31-26(34)23(32(25)27)13-17-14-29-21-7-3-1-5-19(17)21/h1-12,14,23,29H,13,15H2. The number of aliphatic imine (C=N–C) groups is 2. The fourth-order valence-corrected chi connectivity index (χ4v) is 5.40. The van der Waals surface area contributed by atoms with E-state index in [0.29, 0.717) is 28.7 Å². The van der Waals surface area contributed by atoms with Crippen LogP contribution in [0.15, 0.2) is 89.0 Å². The first-order chi connectivity index (χ1) is 17.1. The molecule has 0 radical (unpaired) electrons. The molecule has 1 N–H and O–H groups in total. The zero-order valence-electron chi connectivity index (χ0n) is 18.4. The van der Waals surface area contributed by atoms with Crippen LogP contribution in [0.3, 0.4) is 0 Å². The molecule has 8 heteroatoms. The van der Waals surface area contributed by atoms with Crippen LogP contribution in [0.1, 0.15) is 21.5 Å². The number of carbonyl (C=O) groups is 2. The van der Waals surface area contributed by atoms with Crippen molar-refractivity contribution in [2.24, 2.45) is 9.98 Å². The van der Waals surface area contributed by atoms with Crippen LogP contribution >= 0.6 is 11.8 Å². The van der Waals surface area contributed by atoms with Crippen molar-refractivity contribution in [2.45, 2.75) is 12.5 Å². The number of benzene rings is 3. The lowest BCUT2D eigenvalue weighted by atomic mass is 10.0. The number of hydrogen-bond donors (Lipinski definition) is 1. The van der Waals surface area contributed by atoms with E-state index in [1.54, 1.807) is 0 Å². The number of amides is 1. The Morgan fingerprint density at radius 2 is 1.77 bits per heavy atom. The molecule has 1 amide bonds. The molecule has 1 atom stereocenters. The fourth-order valence-electron chi connectivity index (χ4n) is 4.46. The summed E-state index contributed by atoms with van der Waals surface area (Å²) in [7, 11) is 0. The average Bonchev–Trinajstić information content (AvgIpc) is 3.44. The second-order valence-electron chi connectivity index (χ2n) is 8.35. The zero-order chi connectivity index (χ0) is 23.9. The topological polar surface area (TPSA) is 77.9 Å². The summed E-state index contributed by atoms with van der Waals surface area (Å²) < 4.78 is 13.3. The van der Waals surface area contributed by atoms with Gasteiger partial charge in [-0.2, -0.15) is 4.99 Å². The van der Waals surface area contributed by atoms with E-state index >= 15 is 0 Å². The highest BCUT2D eigenvalue weighted by atomic mass is 32.2. The number of halogens is 1. The fraction of sp³-hybridized carbons (Fsp3) is 0.111. The monoisotopic (exact) mass is 482 g/mol. The van der Waals surface area contributed by atoms with Gasteiger partial charge in [0.15, 0.2) is 11.0 Å². The Balaban J connectivity index is 1.32. The van der Waals surface area contributed by atoms with Crippen molar-refractivity contribution in [1.82, 2.24) is 9.88 Å². The summed E-state index contributed by atoms with van der Waals surface area (Å²) in [5.74, 6) is -0.111. The van der Waals surface area contributed by atoms with Crippen LogP contribution in [-0.2, 0) is 11.2 Å². The van der Waals surface area contributed by atoms with E-state index in [1.807, 2.05) is 59.6 Å². The van der Waals surface area contributed by atoms with E-state index in [4.69, 9.17) is 4.99 Å². The Kier molecular flexibility index (Phi) is 5.30. The van der Waals surface area contributed by atoms with Crippen molar-refractivity contribution in [3.63, 3.8) is 0 Å². The first kappa shape index (κ1) is 21.5. The number of rotatable bonds is 5. The number of aromatic amines is 1. The number of fused-ring (bicyclic) bond motifs is 4. The lowest BCUT2D eigenvalue weighted by Gasteiger charge is -2.31. The largest absolute Gasteiger partial charge is 0.361 e. The molecular formula is C27H19FN4O2S. The molecule has 172 valence electrons. The summed E-state index contributed by atoms with van der Waals surface area (Å²) in [5.41, 5.74) is 3.95. The maximum Gasteiger partial charge on any atom is 0.271 e. The van der Waals surface area contributed by atoms with Gasteiger partial charge in [0.05, 0.1) is 11.4 Å². The van der Waals surface area contributed by atoms with Gasteiger partial charge in [0.1, 0.15) is 17.7 Å². The molecule has 4 aromatic rings. The molecule has 0 saturated carbocycles. The maximum absolute atomic E-state index is 13.3. The van der Waals surface area contributed by atoms with Gasteiger partial charge in [0, 0.05) is 34.6 Å². The summed E-state index contributed by atoms with van der Waals surface area (Å²) in [6, 6.07) is 20.4. The molecule has 35 heavy (non-hydrogen) atoms. The van der Waals surface area contributed by atoms with Crippen LogP contribution in [-0.4, -0.2) is 44.4 Å². The highest BCUT2D eigenvalue weighted by Gasteiger charge is 2.42. The van der Waals surface area contributed by atoms with Crippen LogP contribution in [0.5, 0.6) is 0 Å². The van der Waals surface area contributed by atoms with Crippen molar-refractivity contribution in [3.05, 3.63) is 102 Å². The van der Waals surface area contributed by atoms with E-state index in [0.717, 1.165) is 22.0 Å². The minimum absolute atomic E-state index is 0.102. The third-order valence-corrected chi connectivity index (χ3v) is 7.15. The molecule has 6 nitrogen and oxygen atoms in total. The van der Waals surface area contributed by atoms with Gasteiger partial charge < -0.3 is 4.98 Å². The summed E-state index contributed by atoms with van der Waals surface area (Å²) in [6.45, 7) is 0. The number of Topliss-reactive ketones (excluding diaryl/α,β-unsaturated/α-hetero) is 1. The molecule has 6 rings (SSSR count). The molecule has 3 aromatic carbocycles. The second-order valence-corrected chi connectivity index (χ2v) is 9.30. The number of thioether (sulfide) groups is 1. The quantitative estimate of drug-likeness (QED) is 0.401. The van der Waals surface area contributed by atoms with Crippen LogP contribution in [0.25, 0.3) is 10.9 Å². The molecule has 0 saturated heterocycles. The van der Waals surface area contributed by atoms with Crippen molar-refractivity contribution < 1.29 is 14.0 Å². The number of ketones is 1. The van der Waals surface area contributed by atoms with Crippen LogP contribution in [0.2, 0.25) is 0 Å². The van der Waals surface area contributed by atoms with E-state index < -0.39 is 6.04 Å². The van der Waals surface area contributed by atoms with Gasteiger partial charge in [-0.15, -0.1) is 0 Å². The van der Waals surface area contributed by atoms with Crippen LogP contribution < -0.4 is 0 Å². The smallest absolute Gasteiger partial charge is 0.271 e. The normalized spacial score (nSPS) is 16.7. The highest BCUT2D eigenvalue weighted by Crippen LogP contribution is 2.35. The van der Waals surface area contributed by atoms with Crippen molar-refractivity contribution >= 4 is 51.0 Å². The minimum atomic E-state index is -0.565. The Labute approximate surface area is 204 Å². The molecule has 2 aliphatic heterocycles. The average molecular weight is 483 g/mol. The van der Waals surface area contributed by atoms with Gasteiger partial charge in [-0.05, 0) is 48.0 Å². The van der Waals surface area contributed by atoms with Gasteiger partial charge in [0.2, 0.25) is 0 Å². The van der Waals surface area contributed by atoms with E-state index in [2.05, 4.69) is 9.98 Å². The highest BCUT2D eigenvalue weighted by molar-refractivity contribution is 8.14. The summed E-state index contributed by atoms with van der Waals surface area (Å²) in [5, 5.41) is 1.61. The number of hydrogen-bond acceptors (Lipinski definition) is 5. The Morgan fingerprint density at radius 1 is 1.00 bits per heavy atom. The van der Waals surface area contributed by atoms with Gasteiger partial charge in [-0.25, -0.2) is 9.38 Å². The predicted molar refractivity (Wildman–Crippen MR) is 136 cm³/mol.